The summed E-state index contributed by atoms with van der Waals surface area (Å²) in [5.74, 6) is 0. The predicted molar refractivity (Wildman–Crippen MR) is 52.0 cm³/mol. The maximum absolute atomic E-state index is 10.7. The molecule has 70 valence electrons. The third kappa shape index (κ3) is 2.16. The standard InChI is InChI=1S/C11H14O2/c1-8-4-9(2)11(7-13-3)5-10(8)6-12/h4-6H,7H2,1-3H3. The zero-order valence-corrected chi connectivity index (χ0v) is 8.26. The molecule has 0 fully saturated rings. The lowest BCUT2D eigenvalue weighted by Crippen LogP contribution is -1.96. The normalized spacial score (nSPS) is 10.1. The van der Waals surface area contributed by atoms with E-state index in [0.717, 1.165) is 23.0 Å². The number of ether oxygens (including phenoxy) is 1. The van der Waals surface area contributed by atoms with E-state index in [9.17, 15) is 4.79 Å². The van der Waals surface area contributed by atoms with Crippen LogP contribution in [0.5, 0.6) is 0 Å². The van der Waals surface area contributed by atoms with E-state index in [2.05, 4.69) is 0 Å². The highest BCUT2D eigenvalue weighted by Crippen LogP contribution is 2.15. The summed E-state index contributed by atoms with van der Waals surface area (Å²) in [5, 5.41) is 0. The van der Waals surface area contributed by atoms with Crippen LogP contribution in [-0.4, -0.2) is 13.4 Å². The molecule has 0 N–H and O–H groups in total. The van der Waals surface area contributed by atoms with Crippen LogP contribution in [0.3, 0.4) is 0 Å². The van der Waals surface area contributed by atoms with Crippen LogP contribution in [0.15, 0.2) is 12.1 Å². The topological polar surface area (TPSA) is 26.3 Å². The first-order valence-electron chi connectivity index (χ1n) is 4.23. The summed E-state index contributed by atoms with van der Waals surface area (Å²) < 4.78 is 5.03. The second-order valence-electron chi connectivity index (χ2n) is 3.19. The number of benzene rings is 1. The number of hydrogen-bond acceptors (Lipinski definition) is 2. The molecule has 0 aromatic heterocycles. The third-order valence-corrected chi connectivity index (χ3v) is 2.15. The average Bonchev–Trinajstić information content (AvgIpc) is 2.10. The number of methoxy groups -OCH3 is 1. The maximum Gasteiger partial charge on any atom is 0.150 e. The van der Waals surface area contributed by atoms with Gasteiger partial charge in [-0.1, -0.05) is 6.07 Å². The van der Waals surface area contributed by atoms with Crippen molar-refractivity contribution in [2.75, 3.05) is 7.11 Å². The van der Waals surface area contributed by atoms with Crippen molar-refractivity contribution in [2.24, 2.45) is 0 Å². The molecule has 13 heavy (non-hydrogen) atoms. The van der Waals surface area contributed by atoms with Crippen LogP contribution in [0.2, 0.25) is 0 Å². The fourth-order valence-electron chi connectivity index (χ4n) is 1.35. The molecule has 0 saturated heterocycles. The van der Waals surface area contributed by atoms with Crippen LogP contribution in [0, 0.1) is 13.8 Å². The van der Waals surface area contributed by atoms with Gasteiger partial charge in [-0.3, -0.25) is 4.79 Å². The van der Waals surface area contributed by atoms with Gasteiger partial charge in [-0.15, -0.1) is 0 Å². The highest BCUT2D eigenvalue weighted by Gasteiger charge is 2.03. The number of carbonyl (C=O) groups excluding carboxylic acids is 1. The van der Waals surface area contributed by atoms with Crippen LogP contribution >= 0.6 is 0 Å². The zero-order chi connectivity index (χ0) is 9.84. The summed E-state index contributed by atoms with van der Waals surface area (Å²) in [7, 11) is 1.65. The molecular weight excluding hydrogens is 164 g/mol. The van der Waals surface area contributed by atoms with E-state index >= 15 is 0 Å². The molecule has 0 spiro atoms. The molecule has 0 unspecified atom stereocenters. The number of hydrogen-bond donors (Lipinski definition) is 0. The largest absolute Gasteiger partial charge is 0.380 e. The molecule has 0 radical (unpaired) electrons. The van der Waals surface area contributed by atoms with E-state index in [1.807, 2.05) is 26.0 Å². The molecule has 0 aliphatic rings. The van der Waals surface area contributed by atoms with E-state index in [1.165, 1.54) is 5.56 Å². The lowest BCUT2D eigenvalue weighted by Gasteiger charge is -2.07. The first kappa shape index (κ1) is 9.93. The molecule has 0 aliphatic heterocycles. The van der Waals surface area contributed by atoms with Gasteiger partial charge in [-0.2, -0.15) is 0 Å². The second-order valence-corrected chi connectivity index (χ2v) is 3.19. The molecule has 0 atom stereocenters. The summed E-state index contributed by atoms with van der Waals surface area (Å²) in [4.78, 5) is 10.7. The summed E-state index contributed by atoms with van der Waals surface area (Å²) >= 11 is 0. The van der Waals surface area contributed by atoms with Crippen LogP contribution in [0.4, 0.5) is 0 Å². The van der Waals surface area contributed by atoms with Crippen molar-refractivity contribution in [3.05, 3.63) is 34.4 Å². The SMILES string of the molecule is COCc1cc(C=O)c(C)cc1C. The monoisotopic (exact) mass is 178 g/mol. The average molecular weight is 178 g/mol. The summed E-state index contributed by atoms with van der Waals surface area (Å²) in [6, 6.07) is 3.90. The smallest absolute Gasteiger partial charge is 0.150 e. The molecule has 0 saturated carbocycles. The fraction of sp³-hybridized carbons (Fsp3) is 0.364. The Kier molecular flexibility index (Phi) is 3.20. The molecule has 1 aromatic rings. The number of aldehydes is 1. The van der Waals surface area contributed by atoms with Gasteiger partial charge in [0.25, 0.3) is 0 Å². The van der Waals surface area contributed by atoms with Gasteiger partial charge in [0.15, 0.2) is 0 Å². The van der Waals surface area contributed by atoms with Crippen molar-refractivity contribution in [3.8, 4) is 0 Å². The van der Waals surface area contributed by atoms with Crippen molar-refractivity contribution < 1.29 is 9.53 Å². The molecular formula is C11H14O2. The van der Waals surface area contributed by atoms with Crippen LogP contribution in [0.1, 0.15) is 27.0 Å². The highest BCUT2D eigenvalue weighted by molar-refractivity contribution is 5.77. The van der Waals surface area contributed by atoms with Crippen molar-refractivity contribution >= 4 is 6.29 Å². The molecule has 0 heterocycles. The Morgan fingerprint density at radius 2 is 2.00 bits per heavy atom. The van der Waals surface area contributed by atoms with E-state index in [4.69, 9.17) is 4.74 Å². The Hall–Kier alpha value is -1.15. The van der Waals surface area contributed by atoms with E-state index in [-0.39, 0.29) is 0 Å². The Labute approximate surface area is 78.5 Å². The molecule has 0 aliphatic carbocycles. The van der Waals surface area contributed by atoms with E-state index in [0.29, 0.717) is 6.61 Å². The fourth-order valence-corrected chi connectivity index (χ4v) is 1.35. The van der Waals surface area contributed by atoms with Crippen molar-refractivity contribution in [1.82, 2.24) is 0 Å². The Bertz CT molecular complexity index is 316. The van der Waals surface area contributed by atoms with E-state index < -0.39 is 0 Å². The van der Waals surface area contributed by atoms with Crippen molar-refractivity contribution in [3.63, 3.8) is 0 Å². The highest BCUT2D eigenvalue weighted by atomic mass is 16.5. The Balaban J connectivity index is 3.14. The minimum absolute atomic E-state index is 0.562. The van der Waals surface area contributed by atoms with Gasteiger partial charge < -0.3 is 4.74 Å². The van der Waals surface area contributed by atoms with Crippen LogP contribution in [-0.2, 0) is 11.3 Å². The number of carbonyl (C=O) groups is 1. The summed E-state index contributed by atoms with van der Waals surface area (Å²) in [6.45, 7) is 4.52. The zero-order valence-electron chi connectivity index (χ0n) is 8.26. The lowest BCUT2D eigenvalue weighted by atomic mass is 10.0. The summed E-state index contributed by atoms with van der Waals surface area (Å²) in [5.41, 5.74) is 4.02. The molecule has 1 rings (SSSR count). The van der Waals surface area contributed by atoms with Crippen molar-refractivity contribution in [2.45, 2.75) is 20.5 Å². The third-order valence-electron chi connectivity index (χ3n) is 2.15. The molecule has 2 heteroatoms. The number of rotatable bonds is 3. The Morgan fingerprint density at radius 1 is 1.31 bits per heavy atom. The van der Waals surface area contributed by atoms with Gasteiger partial charge in [0.05, 0.1) is 6.61 Å². The molecule has 2 nitrogen and oxygen atoms in total. The van der Waals surface area contributed by atoms with Gasteiger partial charge in [0.2, 0.25) is 0 Å². The minimum Gasteiger partial charge on any atom is -0.380 e. The van der Waals surface area contributed by atoms with Gasteiger partial charge in [-0.05, 0) is 36.6 Å². The maximum atomic E-state index is 10.7. The van der Waals surface area contributed by atoms with Crippen molar-refractivity contribution in [1.29, 1.82) is 0 Å². The van der Waals surface area contributed by atoms with Gasteiger partial charge in [0, 0.05) is 12.7 Å². The van der Waals surface area contributed by atoms with E-state index in [1.54, 1.807) is 7.11 Å². The summed E-state index contributed by atoms with van der Waals surface area (Å²) in [6.07, 6.45) is 0.883. The lowest BCUT2D eigenvalue weighted by molar-refractivity contribution is 0.112. The molecule has 1 aromatic carbocycles. The predicted octanol–water partition coefficient (Wildman–Crippen LogP) is 2.26. The van der Waals surface area contributed by atoms with Gasteiger partial charge in [-0.25, -0.2) is 0 Å². The second kappa shape index (κ2) is 4.19. The Morgan fingerprint density at radius 3 is 2.54 bits per heavy atom. The van der Waals surface area contributed by atoms with Gasteiger partial charge in [0.1, 0.15) is 6.29 Å². The van der Waals surface area contributed by atoms with Gasteiger partial charge >= 0.3 is 0 Å². The minimum atomic E-state index is 0.562. The quantitative estimate of drug-likeness (QED) is 0.663. The van der Waals surface area contributed by atoms with Crippen LogP contribution < -0.4 is 0 Å². The molecule has 0 amide bonds. The first-order valence-corrected chi connectivity index (χ1v) is 4.23. The van der Waals surface area contributed by atoms with Crippen LogP contribution in [0.25, 0.3) is 0 Å². The number of aryl methyl sites for hydroxylation is 2. The molecule has 0 bridgehead atoms. The first-order chi connectivity index (χ1) is 6.19.